The number of rotatable bonds is 2. The molecule has 3 unspecified atom stereocenters. The van der Waals surface area contributed by atoms with Crippen LogP contribution in [0.3, 0.4) is 0 Å². The minimum absolute atomic E-state index is 0. The van der Waals surface area contributed by atoms with Crippen LogP contribution in [0, 0.1) is 19.3 Å². The van der Waals surface area contributed by atoms with Gasteiger partial charge in [0.2, 0.25) is 0 Å². The number of benzene rings is 2. The second kappa shape index (κ2) is 14.3. The number of allylic oxidation sites excluding steroid dienone is 1. The van der Waals surface area contributed by atoms with E-state index in [1.54, 1.807) is 11.1 Å². The van der Waals surface area contributed by atoms with Crippen LogP contribution in [0.4, 0.5) is 0 Å². The largest absolute Gasteiger partial charge is 0.693 e. The standard InChI is InChI=1S/C18H24N.C7H7.2ClH.H2N.Ti/c1-13-12-15-6-4-5-7-17(15)18(13)14-8-10-16(11-9-14)19(2)3;1-7-5-3-2-4-6-7;;;;/h4-8,12,14,16,18H,9-11H2,1-3H3;2-6H,1H2;2*1H;1H2;/q2*-1;;;-1;+2/p-2. The first kappa shape index (κ1) is 27.3. The van der Waals surface area contributed by atoms with Crippen molar-refractivity contribution in [2.75, 3.05) is 14.1 Å². The maximum Gasteiger partial charge on any atom is -0.693 e. The van der Waals surface area contributed by atoms with Crippen LogP contribution in [0.5, 0.6) is 0 Å². The van der Waals surface area contributed by atoms with Crippen molar-refractivity contribution in [2.24, 2.45) is 5.92 Å². The molecule has 0 radical (unpaired) electrons. The molecular formula is C25H33Cl2N2Ti-3. The number of nitrogens with zero attached hydrogens (tertiary/aromatic N) is 1. The van der Waals surface area contributed by atoms with Gasteiger partial charge in [-0.1, -0.05) is 48.4 Å². The third-order valence-electron chi connectivity index (χ3n) is 5.75. The Morgan fingerprint density at radius 3 is 2.10 bits per heavy atom. The van der Waals surface area contributed by atoms with Gasteiger partial charge in [0.15, 0.2) is 0 Å². The molecule has 2 aromatic carbocycles. The molecule has 1 fully saturated rings. The predicted octanol–water partition coefficient (Wildman–Crippen LogP) is 8.08. The van der Waals surface area contributed by atoms with Gasteiger partial charge in [-0.25, -0.2) is 0 Å². The number of hydrogen-bond donors (Lipinski definition) is 0. The van der Waals surface area contributed by atoms with Gasteiger partial charge in [0.1, 0.15) is 0 Å². The van der Waals surface area contributed by atoms with E-state index in [9.17, 15) is 0 Å². The summed E-state index contributed by atoms with van der Waals surface area (Å²) in [5.41, 5.74) is 5.60. The van der Waals surface area contributed by atoms with Crippen molar-refractivity contribution in [3.05, 3.63) is 96.4 Å². The zero-order valence-electron chi connectivity index (χ0n) is 18.2. The average Bonchev–Trinajstić information content (AvgIpc) is 3.05. The van der Waals surface area contributed by atoms with Gasteiger partial charge in [-0.05, 0) is 50.5 Å². The normalized spacial score (nSPS) is 21.7. The summed E-state index contributed by atoms with van der Waals surface area (Å²) in [7, 11) is 14.2. The number of hydrogen-bond acceptors (Lipinski definition) is 1. The van der Waals surface area contributed by atoms with Crippen LogP contribution in [0.25, 0.3) is 12.2 Å². The maximum atomic E-state index is 4.89. The third-order valence-corrected chi connectivity index (χ3v) is 5.75. The molecule has 2 N–H and O–H groups in total. The van der Waals surface area contributed by atoms with E-state index in [0.29, 0.717) is 5.92 Å². The van der Waals surface area contributed by atoms with Gasteiger partial charge in [0.05, 0.1) is 0 Å². The number of nitrogens with two attached hydrogens (primary N) is 1. The third kappa shape index (κ3) is 8.07. The Hall–Kier alpha value is -0.736. The molecule has 0 bridgehead atoms. The molecule has 2 nitrogen and oxygen atoms in total. The summed E-state index contributed by atoms with van der Waals surface area (Å²) >= 11 is -0.556. The smallest absolute Gasteiger partial charge is 0.693 e. The topological polar surface area (TPSA) is 36.7 Å². The average molecular weight is 480 g/mol. The van der Waals surface area contributed by atoms with E-state index in [4.69, 9.17) is 18.6 Å². The first-order valence-electron chi connectivity index (χ1n) is 10.1. The molecule has 0 amide bonds. The fraction of sp³-hybridized carbons (Fsp3) is 0.360. The number of fused-ring (bicyclic) bond motifs is 1. The van der Waals surface area contributed by atoms with Crippen LogP contribution < -0.4 is 0 Å². The van der Waals surface area contributed by atoms with Gasteiger partial charge in [0, 0.05) is 0 Å². The van der Waals surface area contributed by atoms with Crippen molar-refractivity contribution < 1.29 is 17.0 Å². The van der Waals surface area contributed by atoms with Crippen LogP contribution in [0.2, 0.25) is 0 Å². The van der Waals surface area contributed by atoms with Crippen molar-refractivity contribution in [1.82, 2.24) is 4.90 Å². The summed E-state index contributed by atoms with van der Waals surface area (Å²) in [6, 6.07) is 19.5. The van der Waals surface area contributed by atoms with Gasteiger partial charge in [0.25, 0.3) is 0 Å². The SMILES string of the molecule is CC1=Cc2ccccc2C1C1[CH-]CC(N(C)C)CC1.[CH2-]c1ccccc1.[Cl][Ti][Cl].[NH2-]. The zero-order valence-corrected chi connectivity index (χ0v) is 21.3. The molecule has 3 atom stereocenters. The molecule has 0 spiro atoms. The maximum absolute atomic E-state index is 4.89. The summed E-state index contributed by atoms with van der Waals surface area (Å²) in [6.45, 7) is 6.02. The van der Waals surface area contributed by atoms with E-state index in [0.717, 1.165) is 17.5 Å². The Balaban J connectivity index is 0.000000343. The fourth-order valence-electron chi connectivity index (χ4n) is 4.28. The van der Waals surface area contributed by atoms with E-state index < -0.39 is 17.0 Å². The Morgan fingerprint density at radius 1 is 1.00 bits per heavy atom. The molecule has 164 valence electrons. The molecule has 0 heterocycles. The minimum atomic E-state index is -0.556. The summed E-state index contributed by atoms with van der Waals surface area (Å²) < 4.78 is 0. The van der Waals surface area contributed by atoms with Crippen molar-refractivity contribution >= 4 is 24.7 Å². The van der Waals surface area contributed by atoms with Gasteiger partial charge >= 0.3 is 35.6 Å². The molecule has 5 heteroatoms. The van der Waals surface area contributed by atoms with Gasteiger partial charge in [-0.2, -0.15) is 37.0 Å². The van der Waals surface area contributed by atoms with E-state index in [2.05, 4.69) is 69.6 Å². The van der Waals surface area contributed by atoms with E-state index in [-0.39, 0.29) is 6.15 Å². The van der Waals surface area contributed by atoms with Crippen molar-refractivity contribution in [2.45, 2.75) is 38.1 Å². The van der Waals surface area contributed by atoms with Crippen molar-refractivity contribution in [3.8, 4) is 0 Å². The second-order valence-corrected chi connectivity index (χ2v) is 10.5. The zero-order chi connectivity index (χ0) is 21.2. The van der Waals surface area contributed by atoms with Crippen LogP contribution in [-0.2, 0) is 17.0 Å². The van der Waals surface area contributed by atoms with Crippen molar-refractivity contribution in [1.29, 1.82) is 0 Å². The van der Waals surface area contributed by atoms with Crippen LogP contribution in [0.1, 0.15) is 48.8 Å². The van der Waals surface area contributed by atoms with Gasteiger partial charge < -0.3 is 17.5 Å². The fourth-order valence-corrected chi connectivity index (χ4v) is 4.28. The monoisotopic (exact) mass is 479 g/mol. The predicted molar refractivity (Wildman–Crippen MR) is 130 cm³/mol. The Morgan fingerprint density at radius 2 is 1.60 bits per heavy atom. The van der Waals surface area contributed by atoms with E-state index in [1.807, 2.05) is 30.3 Å². The first-order valence-corrected chi connectivity index (χ1v) is 14.4. The first-order chi connectivity index (χ1) is 14.0. The molecule has 1 saturated carbocycles. The van der Waals surface area contributed by atoms with Gasteiger partial charge in [-0.3, -0.25) is 0 Å². The minimum Gasteiger partial charge on any atom is -0.693 e. The van der Waals surface area contributed by atoms with E-state index in [1.165, 1.54) is 24.8 Å². The Labute approximate surface area is 200 Å². The molecule has 0 aromatic heterocycles. The summed E-state index contributed by atoms with van der Waals surface area (Å²) in [5.74, 6) is 1.37. The summed E-state index contributed by atoms with van der Waals surface area (Å²) in [4.78, 5) is 2.37. The molecule has 2 aromatic rings. The molecule has 2 aliphatic carbocycles. The molecular weight excluding hydrogens is 447 g/mol. The van der Waals surface area contributed by atoms with Crippen LogP contribution >= 0.6 is 18.6 Å². The molecule has 2 aliphatic rings. The molecule has 0 saturated heterocycles. The van der Waals surface area contributed by atoms with Crippen LogP contribution in [0.15, 0.2) is 60.2 Å². The second-order valence-electron chi connectivity index (χ2n) is 7.88. The Kier molecular flexibility index (Phi) is 13.1. The Bertz CT molecular complexity index is 757. The molecule has 30 heavy (non-hydrogen) atoms. The quantitative estimate of drug-likeness (QED) is 0.316. The molecule has 0 aliphatic heterocycles. The van der Waals surface area contributed by atoms with E-state index >= 15 is 0 Å². The summed E-state index contributed by atoms with van der Waals surface area (Å²) in [6.07, 6.45) is 8.86. The summed E-state index contributed by atoms with van der Waals surface area (Å²) in [5, 5.41) is 0. The van der Waals surface area contributed by atoms with Crippen molar-refractivity contribution in [3.63, 3.8) is 0 Å². The molecule has 4 rings (SSSR count). The number of halogens is 2. The van der Waals surface area contributed by atoms with Gasteiger partial charge in [-0.15, -0.1) is 12.1 Å². The van der Waals surface area contributed by atoms with Crippen LogP contribution in [-0.4, -0.2) is 25.0 Å².